The number of hydrogen-bond acceptors (Lipinski definition) is 2. The summed E-state index contributed by atoms with van der Waals surface area (Å²) in [7, 11) is 0. The van der Waals surface area contributed by atoms with Gasteiger partial charge >= 0.3 is 0 Å². The van der Waals surface area contributed by atoms with E-state index in [-0.39, 0.29) is 10.5 Å². The molecule has 0 saturated carbocycles. The van der Waals surface area contributed by atoms with Crippen molar-refractivity contribution in [1.82, 2.24) is 0 Å². The Labute approximate surface area is 71.9 Å². The molecule has 1 aliphatic rings. The molecule has 11 heavy (non-hydrogen) atoms. The second-order valence-electron chi connectivity index (χ2n) is 2.99. The highest BCUT2D eigenvalue weighted by molar-refractivity contribution is 8.01. The minimum Gasteiger partial charge on any atom is -0.297 e. The lowest BCUT2D eigenvalue weighted by atomic mass is 9.98. The Balaban J connectivity index is 2.58. The summed E-state index contributed by atoms with van der Waals surface area (Å²) in [5.41, 5.74) is 0. The van der Waals surface area contributed by atoms with Crippen molar-refractivity contribution in [2.24, 2.45) is 0 Å². The maximum Gasteiger partial charge on any atom is 0.160 e. The Bertz CT molecular complexity index is 196. The van der Waals surface area contributed by atoms with E-state index in [4.69, 9.17) is 6.42 Å². The van der Waals surface area contributed by atoms with Crippen LogP contribution in [-0.4, -0.2) is 16.3 Å². The number of carbonyl (C=O) groups excluding carboxylic acids is 1. The molecule has 0 bridgehead atoms. The molecule has 1 rings (SSSR count). The first-order valence-electron chi connectivity index (χ1n) is 3.80. The van der Waals surface area contributed by atoms with Crippen LogP contribution in [0.4, 0.5) is 0 Å². The fourth-order valence-corrected chi connectivity index (χ4v) is 2.54. The molecule has 1 fully saturated rings. The minimum absolute atomic E-state index is 0.160. The number of rotatable bonds is 2. The van der Waals surface area contributed by atoms with Gasteiger partial charge in [-0.15, -0.1) is 18.2 Å². The molecule has 1 unspecified atom stereocenters. The van der Waals surface area contributed by atoms with Gasteiger partial charge in [-0.1, -0.05) is 5.92 Å². The van der Waals surface area contributed by atoms with Crippen LogP contribution in [0.5, 0.6) is 0 Å². The molecule has 1 nitrogen and oxygen atoms in total. The van der Waals surface area contributed by atoms with Gasteiger partial charge in [0.15, 0.2) is 5.78 Å². The lowest BCUT2D eigenvalue weighted by Gasteiger charge is -2.18. The molecule has 0 N–H and O–H groups in total. The molecule has 0 amide bonds. The Morgan fingerprint density at radius 1 is 1.82 bits per heavy atom. The van der Waals surface area contributed by atoms with Crippen molar-refractivity contribution < 1.29 is 4.79 Å². The molecular formula is C9H12OS. The van der Waals surface area contributed by atoms with Crippen molar-refractivity contribution in [2.45, 2.75) is 30.9 Å². The molecular weight excluding hydrogens is 156 g/mol. The third-order valence-corrected chi connectivity index (χ3v) is 3.63. The highest BCUT2D eigenvalue weighted by Crippen LogP contribution is 2.38. The predicted molar refractivity (Wildman–Crippen MR) is 48.6 cm³/mol. The van der Waals surface area contributed by atoms with Crippen LogP contribution in [0.25, 0.3) is 0 Å². The van der Waals surface area contributed by atoms with Crippen LogP contribution in [0.2, 0.25) is 0 Å². The molecule has 0 spiro atoms. The predicted octanol–water partition coefficient (Wildman–Crippen LogP) is 1.86. The van der Waals surface area contributed by atoms with Gasteiger partial charge in [0, 0.05) is 0 Å². The van der Waals surface area contributed by atoms with E-state index in [2.05, 4.69) is 5.92 Å². The number of hydrogen-bond donors (Lipinski definition) is 0. The second kappa shape index (κ2) is 3.32. The molecule has 1 aliphatic heterocycles. The van der Waals surface area contributed by atoms with Gasteiger partial charge in [-0.2, -0.15) is 0 Å². The van der Waals surface area contributed by atoms with Crippen molar-refractivity contribution in [3.63, 3.8) is 0 Å². The van der Waals surface area contributed by atoms with Crippen molar-refractivity contribution in [3.8, 4) is 12.3 Å². The van der Waals surface area contributed by atoms with Gasteiger partial charge in [0.1, 0.15) is 0 Å². The van der Waals surface area contributed by atoms with E-state index in [1.165, 1.54) is 0 Å². The SMILES string of the molecule is C#CCC(=O)C1(C)CCCS1. The second-order valence-corrected chi connectivity index (χ2v) is 4.58. The Kier molecular flexibility index (Phi) is 2.62. The van der Waals surface area contributed by atoms with E-state index in [9.17, 15) is 4.79 Å². The molecule has 1 heterocycles. The van der Waals surface area contributed by atoms with E-state index in [1.807, 2.05) is 6.92 Å². The zero-order valence-electron chi connectivity index (χ0n) is 6.72. The molecule has 2 heteroatoms. The van der Waals surface area contributed by atoms with E-state index >= 15 is 0 Å². The third kappa shape index (κ3) is 1.78. The van der Waals surface area contributed by atoms with Crippen LogP contribution in [0.15, 0.2) is 0 Å². The summed E-state index contributed by atoms with van der Waals surface area (Å²) in [6.45, 7) is 2.00. The highest BCUT2D eigenvalue weighted by atomic mass is 32.2. The first-order valence-corrected chi connectivity index (χ1v) is 4.78. The summed E-state index contributed by atoms with van der Waals surface area (Å²) in [6.07, 6.45) is 7.52. The van der Waals surface area contributed by atoms with Crippen molar-refractivity contribution in [2.75, 3.05) is 5.75 Å². The molecule has 0 aromatic rings. The first kappa shape index (κ1) is 8.67. The Morgan fingerprint density at radius 3 is 3.00 bits per heavy atom. The first-order chi connectivity index (χ1) is 5.19. The van der Waals surface area contributed by atoms with Crippen LogP contribution in [-0.2, 0) is 4.79 Å². The van der Waals surface area contributed by atoms with Gasteiger partial charge in [-0.05, 0) is 25.5 Å². The quantitative estimate of drug-likeness (QED) is 0.585. The average Bonchev–Trinajstić information content (AvgIpc) is 2.38. The van der Waals surface area contributed by atoms with Crippen molar-refractivity contribution in [1.29, 1.82) is 0 Å². The Hall–Kier alpha value is -0.420. The smallest absolute Gasteiger partial charge is 0.160 e. The topological polar surface area (TPSA) is 17.1 Å². The standard InChI is InChI=1S/C9H12OS/c1-3-5-8(10)9(2)6-4-7-11-9/h1H,4-7H2,2H3. The molecule has 0 aromatic carbocycles. The lowest BCUT2D eigenvalue weighted by Crippen LogP contribution is -2.27. The van der Waals surface area contributed by atoms with Crippen molar-refractivity contribution >= 4 is 17.5 Å². The van der Waals surface area contributed by atoms with Crippen LogP contribution < -0.4 is 0 Å². The third-order valence-electron chi connectivity index (χ3n) is 2.07. The lowest BCUT2D eigenvalue weighted by molar-refractivity contribution is -0.120. The minimum atomic E-state index is -0.160. The summed E-state index contributed by atoms with van der Waals surface area (Å²) < 4.78 is -0.160. The van der Waals surface area contributed by atoms with Crippen molar-refractivity contribution in [3.05, 3.63) is 0 Å². The van der Waals surface area contributed by atoms with Gasteiger partial charge in [0.25, 0.3) is 0 Å². The fraction of sp³-hybridized carbons (Fsp3) is 0.667. The van der Waals surface area contributed by atoms with Gasteiger partial charge in [-0.25, -0.2) is 0 Å². The molecule has 1 atom stereocenters. The highest BCUT2D eigenvalue weighted by Gasteiger charge is 2.35. The maximum absolute atomic E-state index is 11.4. The summed E-state index contributed by atoms with van der Waals surface area (Å²) in [5.74, 6) is 3.74. The van der Waals surface area contributed by atoms with Crippen LogP contribution in [0.1, 0.15) is 26.2 Å². The van der Waals surface area contributed by atoms with E-state index in [0.29, 0.717) is 6.42 Å². The zero-order chi connectivity index (χ0) is 8.32. The van der Waals surface area contributed by atoms with E-state index in [0.717, 1.165) is 18.6 Å². The van der Waals surface area contributed by atoms with Gasteiger partial charge in [0.2, 0.25) is 0 Å². The van der Waals surface area contributed by atoms with Gasteiger partial charge in [0.05, 0.1) is 11.2 Å². The summed E-state index contributed by atoms with van der Waals surface area (Å²) in [6, 6.07) is 0. The fourth-order valence-electron chi connectivity index (χ4n) is 1.28. The van der Waals surface area contributed by atoms with Crippen LogP contribution >= 0.6 is 11.8 Å². The monoisotopic (exact) mass is 168 g/mol. The zero-order valence-corrected chi connectivity index (χ0v) is 7.54. The van der Waals surface area contributed by atoms with Crippen LogP contribution in [0, 0.1) is 12.3 Å². The van der Waals surface area contributed by atoms with E-state index in [1.54, 1.807) is 11.8 Å². The van der Waals surface area contributed by atoms with Crippen LogP contribution in [0.3, 0.4) is 0 Å². The van der Waals surface area contributed by atoms with Gasteiger partial charge in [-0.3, -0.25) is 4.79 Å². The normalized spacial score (nSPS) is 29.8. The maximum atomic E-state index is 11.4. The number of thioether (sulfide) groups is 1. The molecule has 0 aromatic heterocycles. The molecule has 0 radical (unpaired) electrons. The Morgan fingerprint density at radius 2 is 2.55 bits per heavy atom. The molecule has 1 saturated heterocycles. The summed E-state index contributed by atoms with van der Waals surface area (Å²) >= 11 is 1.75. The number of carbonyl (C=O) groups is 1. The van der Waals surface area contributed by atoms with E-state index < -0.39 is 0 Å². The molecule has 0 aliphatic carbocycles. The number of terminal acetylenes is 1. The summed E-state index contributed by atoms with van der Waals surface area (Å²) in [5, 5.41) is 0. The number of ketones is 1. The van der Waals surface area contributed by atoms with Gasteiger partial charge < -0.3 is 0 Å². The summed E-state index contributed by atoms with van der Waals surface area (Å²) in [4.78, 5) is 11.4. The molecule has 60 valence electrons. The average molecular weight is 168 g/mol. The largest absolute Gasteiger partial charge is 0.297 e. The number of Topliss-reactive ketones (excluding diaryl/α,β-unsaturated/α-hetero) is 1.